The molecule has 7 nitrogen and oxygen atoms in total. The van der Waals surface area contributed by atoms with Crippen LogP contribution in [0.4, 0.5) is 5.13 Å². The Hall–Kier alpha value is -1.96. The van der Waals surface area contributed by atoms with E-state index in [4.69, 9.17) is 4.74 Å². The van der Waals surface area contributed by atoms with Crippen molar-refractivity contribution < 1.29 is 19.1 Å². The van der Waals surface area contributed by atoms with E-state index in [9.17, 15) is 14.4 Å². The predicted molar refractivity (Wildman–Crippen MR) is 77.1 cm³/mol. The fourth-order valence-corrected chi connectivity index (χ4v) is 2.95. The highest BCUT2D eigenvalue weighted by molar-refractivity contribution is 7.14. The van der Waals surface area contributed by atoms with E-state index < -0.39 is 6.04 Å². The number of amides is 2. The van der Waals surface area contributed by atoms with Crippen molar-refractivity contribution in [3.8, 4) is 0 Å². The molecule has 1 aromatic heterocycles. The Balaban J connectivity index is 2.09. The summed E-state index contributed by atoms with van der Waals surface area (Å²) in [4.78, 5) is 40.8. The topological polar surface area (TPSA) is 88.6 Å². The lowest BCUT2D eigenvalue weighted by Crippen LogP contribution is -2.41. The van der Waals surface area contributed by atoms with Crippen LogP contribution in [0.3, 0.4) is 0 Å². The van der Waals surface area contributed by atoms with Gasteiger partial charge >= 0.3 is 5.97 Å². The Labute approximate surface area is 126 Å². The number of aromatic nitrogens is 1. The Kier molecular flexibility index (Phi) is 4.89. The molecule has 2 heterocycles. The van der Waals surface area contributed by atoms with Crippen molar-refractivity contribution in [3.05, 3.63) is 11.1 Å². The Morgan fingerprint density at radius 1 is 1.52 bits per heavy atom. The van der Waals surface area contributed by atoms with E-state index in [0.29, 0.717) is 24.7 Å². The van der Waals surface area contributed by atoms with Gasteiger partial charge in [-0.25, -0.2) is 9.78 Å². The molecule has 1 atom stereocenters. The molecule has 0 spiro atoms. The van der Waals surface area contributed by atoms with Crippen molar-refractivity contribution >= 4 is 34.3 Å². The molecule has 1 saturated heterocycles. The molecular formula is C13H17N3O4S. The molecule has 21 heavy (non-hydrogen) atoms. The summed E-state index contributed by atoms with van der Waals surface area (Å²) in [6.45, 7) is 3.91. The van der Waals surface area contributed by atoms with Crippen molar-refractivity contribution in [3.63, 3.8) is 0 Å². The van der Waals surface area contributed by atoms with Crippen LogP contribution < -0.4 is 5.32 Å². The zero-order valence-corrected chi connectivity index (χ0v) is 12.7. The number of esters is 1. The van der Waals surface area contributed by atoms with E-state index in [1.54, 1.807) is 12.3 Å². The highest BCUT2D eigenvalue weighted by atomic mass is 32.1. The molecule has 0 bridgehead atoms. The van der Waals surface area contributed by atoms with Gasteiger partial charge in [0.1, 0.15) is 11.7 Å². The summed E-state index contributed by atoms with van der Waals surface area (Å²) < 4.78 is 4.99. The smallest absolute Gasteiger partial charge is 0.328 e. The van der Waals surface area contributed by atoms with Crippen LogP contribution in [-0.2, 0) is 14.3 Å². The van der Waals surface area contributed by atoms with Crippen molar-refractivity contribution in [2.45, 2.75) is 32.7 Å². The molecule has 1 fully saturated rings. The van der Waals surface area contributed by atoms with E-state index in [0.717, 1.165) is 6.42 Å². The molecule has 0 aromatic carbocycles. The highest BCUT2D eigenvalue weighted by Crippen LogP contribution is 2.23. The van der Waals surface area contributed by atoms with Crippen LogP contribution in [0.5, 0.6) is 0 Å². The fourth-order valence-electron chi connectivity index (χ4n) is 2.22. The molecular weight excluding hydrogens is 294 g/mol. The first kappa shape index (κ1) is 15.4. The van der Waals surface area contributed by atoms with Gasteiger partial charge in [0.25, 0.3) is 5.91 Å². The summed E-state index contributed by atoms with van der Waals surface area (Å²) >= 11 is 1.18. The number of nitrogens with one attached hydrogen (secondary N) is 1. The molecule has 8 heteroatoms. The minimum Gasteiger partial charge on any atom is -0.464 e. The van der Waals surface area contributed by atoms with Gasteiger partial charge in [-0.1, -0.05) is 0 Å². The summed E-state index contributed by atoms with van der Waals surface area (Å²) in [5.41, 5.74) is 0.236. The van der Waals surface area contributed by atoms with E-state index >= 15 is 0 Å². The first-order valence-electron chi connectivity index (χ1n) is 6.73. The zero-order valence-electron chi connectivity index (χ0n) is 11.9. The van der Waals surface area contributed by atoms with Crippen molar-refractivity contribution in [1.82, 2.24) is 9.88 Å². The molecule has 2 amide bonds. The van der Waals surface area contributed by atoms with E-state index in [1.807, 2.05) is 0 Å². The average Bonchev–Trinajstić information content (AvgIpc) is 3.06. The van der Waals surface area contributed by atoms with Crippen molar-refractivity contribution in [1.29, 1.82) is 0 Å². The number of carbonyl (C=O) groups excluding carboxylic acids is 3. The van der Waals surface area contributed by atoms with Crippen molar-refractivity contribution in [2.75, 3.05) is 18.5 Å². The van der Waals surface area contributed by atoms with Crippen LogP contribution in [0.15, 0.2) is 5.38 Å². The number of thiazole rings is 1. The number of hydrogen-bond donors (Lipinski definition) is 1. The second-order valence-electron chi connectivity index (χ2n) is 4.63. The van der Waals surface area contributed by atoms with Crippen LogP contribution in [0, 0.1) is 0 Å². The summed E-state index contributed by atoms with van der Waals surface area (Å²) in [5.74, 6) is -0.923. The number of anilines is 1. The van der Waals surface area contributed by atoms with Gasteiger partial charge in [-0.2, -0.15) is 0 Å². The second kappa shape index (κ2) is 6.66. The van der Waals surface area contributed by atoms with Crippen LogP contribution in [0.1, 0.15) is 37.2 Å². The lowest BCUT2D eigenvalue weighted by Gasteiger charge is -2.22. The molecule has 0 radical (unpaired) electrons. The zero-order chi connectivity index (χ0) is 15.4. The van der Waals surface area contributed by atoms with Crippen LogP contribution in [0.2, 0.25) is 0 Å². The summed E-state index contributed by atoms with van der Waals surface area (Å²) in [6, 6.07) is -0.539. The number of likely N-dealkylation sites (tertiary alicyclic amines) is 1. The Bertz CT molecular complexity index is 557. The minimum absolute atomic E-state index is 0.236. The SMILES string of the molecule is CCOC(=O)C1CCCN1C(=O)c1csc(NC(C)=O)n1. The molecule has 1 aliphatic heterocycles. The Morgan fingerprint density at radius 2 is 2.29 bits per heavy atom. The van der Waals surface area contributed by atoms with Gasteiger partial charge in [0, 0.05) is 18.8 Å². The van der Waals surface area contributed by atoms with E-state index in [1.165, 1.54) is 23.2 Å². The summed E-state index contributed by atoms with van der Waals surface area (Å²) in [7, 11) is 0. The number of hydrogen-bond acceptors (Lipinski definition) is 6. The maximum absolute atomic E-state index is 12.4. The summed E-state index contributed by atoms with van der Waals surface area (Å²) in [6.07, 6.45) is 1.37. The monoisotopic (exact) mass is 311 g/mol. The third kappa shape index (κ3) is 3.57. The highest BCUT2D eigenvalue weighted by Gasteiger charge is 2.36. The number of carbonyl (C=O) groups is 3. The normalized spacial score (nSPS) is 17.6. The maximum atomic E-state index is 12.4. The fraction of sp³-hybridized carbons (Fsp3) is 0.538. The third-order valence-electron chi connectivity index (χ3n) is 3.08. The van der Waals surface area contributed by atoms with Gasteiger partial charge in [0.05, 0.1) is 6.61 Å². The van der Waals surface area contributed by atoms with Gasteiger partial charge in [-0.15, -0.1) is 11.3 Å². The van der Waals surface area contributed by atoms with Gasteiger partial charge in [0.2, 0.25) is 5.91 Å². The largest absolute Gasteiger partial charge is 0.464 e. The van der Waals surface area contributed by atoms with E-state index in [-0.39, 0.29) is 23.5 Å². The molecule has 1 aliphatic rings. The molecule has 1 aromatic rings. The van der Waals surface area contributed by atoms with Gasteiger partial charge in [0.15, 0.2) is 5.13 Å². The maximum Gasteiger partial charge on any atom is 0.328 e. The molecule has 2 rings (SSSR count). The minimum atomic E-state index is -0.539. The first-order valence-corrected chi connectivity index (χ1v) is 7.61. The number of rotatable bonds is 4. The Morgan fingerprint density at radius 3 is 2.95 bits per heavy atom. The quantitative estimate of drug-likeness (QED) is 0.846. The van der Waals surface area contributed by atoms with E-state index in [2.05, 4.69) is 10.3 Å². The lowest BCUT2D eigenvalue weighted by atomic mass is 10.2. The van der Waals surface area contributed by atoms with Crippen LogP contribution in [-0.4, -0.2) is 46.9 Å². The van der Waals surface area contributed by atoms with Crippen molar-refractivity contribution in [2.24, 2.45) is 0 Å². The predicted octanol–water partition coefficient (Wildman–Crippen LogP) is 1.27. The molecule has 1 N–H and O–H groups in total. The van der Waals surface area contributed by atoms with Crippen LogP contribution >= 0.6 is 11.3 Å². The number of nitrogens with zero attached hydrogens (tertiary/aromatic N) is 2. The van der Waals surface area contributed by atoms with Gasteiger partial charge in [-0.05, 0) is 19.8 Å². The van der Waals surface area contributed by atoms with Crippen LogP contribution in [0.25, 0.3) is 0 Å². The standard InChI is InChI=1S/C13H17N3O4S/c1-3-20-12(19)10-5-4-6-16(10)11(18)9-7-21-13(15-9)14-8(2)17/h7,10H,3-6H2,1-2H3,(H,14,15,17). The second-order valence-corrected chi connectivity index (χ2v) is 5.49. The average molecular weight is 311 g/mol. The first-order chi connectivity index (χ1) is 10.0. The molecule has 1 unspecified atom stereocenters. The van der Waals surface area contributed by atoms with Gasteiger partial charge < -0.3 is 15.0 Å². The molecule has 114 valence electrons. The number of ether oxygens (including phenoxy) is 1. The van der Waals surface area contributed by atoms with Gasteiger partial charge in [-0.3, -0.25) is 9.59 Å². The summed E-state index contributed by atoms with van der Waals surface area (Å²) in [5, 5.41) is 4.48. The molecule has 0 aliphatic carbocycles. The molecule has 0 saturated carbocycles. The third-order valence-corrected chi connectivity index (χ3v) is 3.84. The lowest BCUT2D eigenvalue weighted by molar-refractivity contribution is -0.147.